The Labute approximate surface area is 237 Å². The van der Waals surface area contributed by atoms with Crippen molar-refractivity contribution in [3.63, 3.8) is 0 Å². The molecule has 0 N–H and O–H groups in total. The monoisotopic (exact) mass is 526 g/mol. The molecule has 0 aromatic rings. The molecule has 0 amide bonds. The van der Waals surface area contributed by atoms with E-state index >= 15 is 0 Å². The maximum atomic E-state index is 11.9. The molecule has 0 aromatic carbocycles. The molecule has 0 aromatic heterocycles. The fourth-order valence-corrected chi connectivity index (χ4v) is 4.24. The third-order valence-electron chi connectivity index (χ3n) is 6.64. The predicted molar refractivity (Wildman–Crippen MR) is 170 cm³/mol. The van der Waals surface area contributed by atoms with E-state index in [1.807, 2.05) is 0 Å². The fraction of sp³-hybridized carbons (Fsp3) is 0.694. The molecule has 0 unspecified atom stereocenters. The molecule has 38 heavy (non-hydrogen) atoms. The van der Waals surface area contributed by atoms with Crippen LogP contribution in [0.3, 0.4) is 0 Å². The lowest BCUT2D eigenvalue weighted by Gasteiger charge is -2.05. The van der Waals surface area contributed by atoms with Crippen molar-refractivity contribution < 1.29 is 9.53 Å². The fourth-order valence-electron chi connectivity index (χ4n) is 4.24. The number of unbranched alkanes of at least 4 members (excludes halogenated alkanes) is 14. The first-order chi connectivity index (χ1) is 18.8. The van der Waals surface area contributed by atoms with Crippen molar-refractivity contribution in [1.82, 2.24) is 0 Å². The predicted octanol–water partition coefficient (Wildman–Crippen LogP) is 11.9. The standard InChI is InChI=1S/C36H62O2/c1-3-5-7-9-11-13-15-17-19-21-23-25-27-29-31-33-35-38-36(37)34-32-30-28-26-24-22-20-18-16-14-12-10-8-6-4-2/h5,7,11-14,17-20H,3-4,6,8-10,15-16,21-35H2,1-2H3/b7-5+,13-11+,14-12-,19-17+,20-18-. The first-order valence-corrected chi connectivity index (χ1v) is 16.2. The average Bonchev–Trinajstić information content (AvgIpc) is 2.92. The molecule has 0 saturated heterocycles. The van der Waals surface area contributed by atoms with Gasteiger partial charge in [-0.05, 0) is 77.0 Å². The van der Waals surface area contributed by atoms with Crippen LogP contribution >= 0.6 is 0 Å². The second-order valence-electron chi connectivity index (χ2n) is 10.4. The SMILES string of the molecule is CC/C=C/C/C=C/C/C=C/CCCCCCCCOC(=O)CCCCCCC/C=C\C/C=C\CCCCC. The van der Waals surface area contributed by atoms with Gasteiger partial charge in [-0.15, -0.1) is 0 Å². The summed E-state index contributed by atoms with van der Waals surface area (Å²) in [6.07, 6.45) is 48.4. The quantitative estimate of drug-likeness (QED) is 0.0575. The minimum Gasteiger partial charge on any atom is -0.466 e. The Kier molecular flexibility index (Phi) is 31.6. The van der Waals surface area contributed by atoms with Crippen LogP contribution in [0, 0.1) is 0 Å². The summed E-state index contributed by atoms with van der Waals surface area (Å²) in [6.45, 7) is 5.02. The van der Waals surface area contributed by atoms with Gasteiger partial charge in [0, 0.05) is 6.42 Å². The van der Waals surface area contributed by atoms with Crippen molar-refractivity contribution in [2.24, 2.45) is 0 Å². The zero-order valence-corrected chi connectivity index (χ0v) is 25.4. The number of rotatable bonds is 28. The van der Waals surface area contributed by atoms with Crippen LogP contribution in [0.1, 0.15) is 155 Å². The first kappa shape index (κ1) is 36.2. The van der Waals surface area contributed by atoms with E-state index in [1.165, 1.54) is 89.9 Å². The Morgan fingerprint density at radius 3 is 1.42 bits per heavy atom. The molecule has 0 saturated carbocycles. The van der Waals surface area contributed by atoms with Gasteiger partial charge in [0.2, 0.25) is 0 Å². The summed E-state index contributed by atoms with van der Waals surface area (Å²) in [6, 6.07) is 0. The van der Waals surface area contributed by atoms with Gasteiger partial charge >= 0.3 is 5.97 Å². The normalized spacial score (nSPS) is 12.4. The highest BCUT2D eigenvalue weighted by Crippen LogP contribution is 2.10. The Morgan fingerprint density at radius 2 is 0.895 bits per heavy atom. The van der Waals surface area contributed by atoms with Crippen LogP contribution in [0.25, 0.3) is 0 Å². The third kappa shape index (κ3) is 32.2. The molecule has 0 aliphatic heterocycles. The van der Waals surface area contributed by atoms with E-state index in [2.05, 4.69) is 74.6 Å². The third-order valence-corrected chi connectivity index (χ3v) is 6.64. The van der Waals surface area contributed by atoms with Gasteiger partial charge < -0.3 is 4.74 Å². The van der Waals surface area contributed by atoms with Gasteiger partial charge in [-0.1, -0.05) is 132 Å². The van der Waals surface area contributed by atoms with Crippen molar-refractivity contribution in [2.45, 2.75) is 155 Å². The molecule has 0 aliphatic carbocycles. The van der Waals surface area contributed by atoms with Crippen LogP contribution in [0.2, 0.25) is 0 Å². The van der Waals surface area contributed by atoms with Crippen molar-refractivity contribution in [2.75, 3.05) is 6.61 Å². The lowest BCUT2D eigenvalue weighted by Crippen LogP contribution is -2.05. The van der Waals surface area contributed by atoms with Crippen molar-refractivity contribution in [1.29, 1.82) is 0 Å². The highest BCUT2D eigenvalue weighted by molar-refractivity contribution is 5.69. The van der Waals surface area contributed by atoms with Crippen LogP contribution in [0.4, 0.5) is 0 Å². The second-order valence-corrected chi connectivity index (χ2v) is 10.4. The smallest absolute Gasteiger partial charge is 0.305 e. The molecular formula is C36H62O2. The molecule has 0 fully saturated rings. The molecule has 218 valence electrons. The summed E-state index contributed by atoms with van der Waals surface area (Å²) in [4.78, 5) is 11.9. The number of esters is 1. The summed E-state index contributed by atoms with van der Waals surface area (Å²) < 4.78 is 5.41. The molecular weight excluding hydrogens is 464 g/mol. The van der Waals surface area contributed by atoms with E-state index in [0.29, 0.717) is 13.0 Å². The van der Waals surface area contributed by atoms with E-state index in [-0.39, 0.29) is 5.97 Å². The average molecular weight is 527 g/mol. The zero-order chi connectivity index (χ0) is 27.6. The Morgan fingerprint density at radius 1 is 0.474 bits per heavy atom. The summed E-state index contributed by atoms with van der Waals surface area (Å²) in [5.74, 6) is -0.00487. The summed E-state index contributed by atoms with van der Waals surface area (Å²) in [7, 11) is 0. The number of hydrogen-bond donors (Lipinski definition) is 0. The van der Waals surface area contributed by atoms with Crippen LogP contribution in [0.5, 0.6) is 0 Å². The molecule has 0 rings (SSSR count). The molecule has 0 radical (unpaired) electrons. The largest absolute Gasteiger partial charge is 0.466 e. The van der Waals surface area contributed by atoms with Gasteiger partial charge in [0.1, 0.15) is 0 Å². The number of carbonyl (C=O) groups is 1. The minimum atomic E-state index is -0.00487. The molecule has 0 spiro atoms. The Bertz CT molecular complexity index is 623. The van der Waals surface area contributed by atoms with E-state index < -0.39 is 0 Å². The number of ether oxygens (including phenoxy) is 1. The van der Waals surface area contributed by atoms with Gasteiger partial charge in [0.05, 0.1) is 6.61 Å². The summed E-state index contributed by atoms with van der Waals surface area (Å²) >= 11 is 0. The number of allylic oxidation sites excluding steroid dienone is 10. The summed E-state index contributed by atoms with van der Waals surface area (Å²) in [5, 5.41) is 0. The molecule has 0 atom stereocenters. The minimum absolute atomic E-state index is 0.00487. The van der Waals surface area contributed by atoms with E-state index in [9.17, 15) is 4.79 Å². The van der Waals surface area contributed by atoms with Crippen LogP contribution in [0.15, 0.2) is 60.8 Å². The first-order valence-electron chi connectivity index (χ1n) is 16.2. The highest BCUT2D eigenvalue weighted by Gasteiger charge is 2.02. The van der Waals surface area contributed by atoms with Gasteiger partial charge in [0.15, 0.2) is 0 Å². The van der Waals surface area contributed by atoms with Gasteiger partial charge in [0.25, 0.3) is 0 Å². The topological polar surface area (TPSA) is 26.3 Å². The van der Waals surface area contributed by atoms with Crippen LogP contribution < -0.4 is 0 Å². The number of hydrogen-bond acceptors (Lipinski definition) is 2. The van der Waals surface area contributed by atoms with Gasteiger partial charge in [-0.2, -0.15) is 0 Å². The van der Waals surface area contributed by atoms with E-state index in [1.54, 1.807) is 0 Å². The summed E-state index contributed by atoms with van der Waals surface area (Å²) in [5.41, 5.74) is 0. The molecule has 0 aliphatic rings. The Balaban J connectivity index is 3.31. The van der Waals surface area contributed by atoms with Gasteiger partial charge in [-0.3, -0.25) is 4.79 Å². The zero-order valence-electron chi connectivity index (χ0n) is 25.4. The highest BCUT2D eigenvalue weighted by atomic mass is 16.5. The Hall–Kier alpha value is -1.83. The lowest BCUT2D eigenvalue weighted by molar-refractivity contribution is -0.143. The number of carbonyl (C=O) groups excluding carboxylic acids is 1. The maximum absolute atomic E-state index is 11.9. The van der Waals surface area contributed by atoms with Crippen molar-refractivity contribution >= 4 is 5.97 Å². The van der Waals surface area contributed by atoms with E-state index in [4.69, 9.17) is 4.74 Å². The molecule has 0 heterocycles. The maximum Gasteiger partial charge on any atom is 0.305 e. The van der Waals surface area contributed by atoms with Crippen LogP contribution in [-0.4, -0.2) is 12.6 Å². The molecule has 2 nitrogen and oxygen atoms in total. The molecule has 2 heteroatoms. The van der Waals surface area contributed by atoms with E-state index in [0.717, 1.165) is 44.9 Å². The van der Waals surface area contributed by atoms with Crippen LogP contribution in [-0.2, 0) is 9.53 Å². The van der Waals surface area contributed by atoms with Crippen molar-refractivity contribution in [3.05, 3.63) is 60.8 Å². The second kappa shape index (κ2) is 33.2. The lowest BCUT2D eigenvalue weighted by atomic mass is 10.1. The van der Waals surface area contributed by atoms with Gasteiger partial charge in [-0.25, -0.2) is 0 Å². The molecule has 0 bridgehead atoms. The van der Waals surface area contributed by atoms with Crippen molar-refractivity contribution in [3.8, 4) is 0 Å².